The SMILES string of the molecule is Cc1c(NC(=O)[C@@H]2CCCNC2)c(=O)n(-c2ccccc2)n1C.Cl. The second-order valence-corrected chi connectivity index (χ2v) is 5.97. The van der Waals surface area contributed by atoms with Gasteiger partial charge in [0.25, 0.3) is 5.56 Å². The smallest absolute Gasteiger partial charge is 0.295 e. The van der Waals surface area contributed by atoms with Gasteiger partial charge in [0.15, 0.2) is 0 Å². The fourth-order valence-corrected chi connectivity index (χ4v) is 3.01. The second kappa shape index (κ2) is 7.68. The van der Waals surface area contributed by atoms with E-state index in [0.29, 0.717) is 12.2 Å². The number of nitrogens with one attached hydrogen (secondary N) is 2. The first-order valence-corrected chi connectivity index (χ1v) is 7.95. The van der Waals surface area contributed by atoms with Crippen LogP contribution < -0.4 is 16.2 Å². The van der Waals surface area contributed by atoms with Crippen LogP contribution in [0.3, 0.4) is 0 Å². The van der Waals surface area contributed by atoms with Gasteiger partial charge >= 0.3 is 0 Å². The van der Waals surface area contributed by atoms with E-state index >= 15 is 0 Å². The minimum atomic E-state index is -0.201. The van der Waals surface area contributed by atoms with E-state index in [4.69, 9.17) is 0 Å². The topological polar surface area (TPSA) is 68.1 Å². The maximum absolute atomic E-state index is 12.7. The van der Waals surface area contributed by atoms with Gasteiger partial charge in [-0.15, -0.1) is 12.4 Å². The number of hydrogen-bond donors (Lipinski definition) is 2. The van der Waals surface area contributed by atoms with E-state index in [-0.39, 0.29) is 29.8 Å². The van der Waals surface area contributed by atoms with E-state index in [0.717, 1.165) is 30.8 Å². The van der Waals surface area contributed by atoms with Crippen molar-refractivity contribution in [1.82, 2.24) is 14.7 Å². The molecule has 1 aliphatic rings. The molecule has 3 rings (SSSR count). The lowest BCUT2D eigenvalue weighted by atomic mass is 9.99. The number of anilines is 1. The number of hydrogen-bond acceptors (Lipinski definition) is 3. The Morgan fingerprint density at radius 2 is 2.00 bits per heavy atom. The number of aromatic nitrogens is 2. The minimum Gasteiger partial charge on any atom is -0.320 e. The lowest BCUT2D eigenvalue weighted by Gasteiger charge is -2.21. The summed E-state index contributed by atoms with van der Waals surface area (Å²) in [5.74, 6) is -0.156. The maximum Gasteiger partial charge on any atom is 0.295 e. The molecule has 1 aliphatic heterocycles. The number of para-hydroxylation sites is 1. The number of piperidine rings is 1. The molecule has 0 saturated carbocycles. The molecule has 2 N–H and O–H groups in total. The van der Waals surface area contributed by atoms with Crippen molar-refractivity contribution < 1.29 is 4.79 Å². The Bertz CT molecular complexity index is 761. The van der Waals surface area contributed by atoms with Gasteiger partial charge in [-0.3, -0.25) is 14.3 Å². The molecule has 1 amide bonds. The molecule has 2 heterocycles. The van der Waals surface area contributed by atoms with Crippen molar-refractivity contribution in [2.45, 2.75) is 19.8 Å². The molecule has 1 fully saturated rings. The summed E-state index contributed by atoms with van der Waals surface area (Å²) >= 11 is 0. The average Bonchev–Trinajstić information content (AvgIpc) is 2.80. The van der Waals surface area contributed by atoms with Gasteiger partial charge < -0.3 is 10.6 Å². The molecule has 0 aliphatic carbocycles. The molecule has 0 radical (unpaired) electrons. The first-order chi connectivity index (χ1) is 11.1. The van der Waals surface area contributed by atoms with Gasteiger partial charge in [0.1, 0.15) is 5.69 Å². The van der Waals surface area contributed by atoms with Crippen LogP contribution in [0.5, 0.6) is 0 Å². The first kappa shape index (κ1) is 18.3. The van der Waals surface area contributed by atoms with Crippen LogP contribution in [0.2, 0.25) is 0 Å². The summed E-state index contributed by atoms with van der Waals surface area (Å²) in [5, 5.41) is 6.07. The van der Waals surface area contributed by atoms with E-state index in [9.17, 15) is 9.59 Å². The van der Waals surface area contributed by atoms with Gasteiger partial charge in [-0.2, -0.15) is 0 Å². The van der Waals surface area contributed by atoms with Crippen LogP contribution in [0, 0.1) is 12.8 Å². The minimum absolute atomic E-state index is 0. The van der Waals surface area contributed by atoms with Crippen LogP contribution in [0.25, 0.3) is 5.69 Å². The molecule has 1 saturated heterocycles. The molecule has 0 bridgehead atoms. The zero-order valence-corrected chi connectivity index (χ0v) is 14.7. The molecule has 1 atom stereocenters. The third kappa shape index (κ3) is 3.39. The van der Waals surface area contributed by atoms with Crippen LogP contribution in [0.4, 0.5) is 5.69 Å². The predicted octanol–water partition coefficient (Wildman–Crippen LogP) is 1.84. The van der Waals surface area contributed by atoms with Crippen molar-refractivity contribution >= 4 is 24.0 Å². The zero-order valence-electron chi connectivity index (χ0n) is 13.9. The Hall–Kier alpha value is -2.05. The molecule has 0 unspecified atom stereocenters. The Balaban J connectivity index is 0.00000208. The van der Waals surface area contributed by atoms with Crippen molar-refractivity contribution in [1.29, 1.82) is 0 Å². The number of benzene rings is 1. The number of rotatable bonds is 3. The Morgan fingerprint density at radius 3 is 2.62 bits per heavy atom. The fraction of sp³-hybridized carbons (Fsp3) is 0.412. The van der Waals surface area contributed by atoms with Gasteiger partial charge in [-0.25, -0.2) is 4.68 Å². The number of halogens is 1. The maximum atomic E-state index is 12.7. The molecule has 2 aromatic rings. The molecule has 1 aromatic carbocycles. The molecule has 7 heteroatoms. The van der Waals surface area contributed by atoms with E-state index in [1.165, 1.54) is 0 Å². The predicted molar refractivity (Wildman–Crippen MR) is 97.2 cm³/mol. The summed E-state index contributed by atoms with van der Waals surface area (Å²) in [7, 11) is 1.82. The Labute approximate surface area is 147 Å². The van der Waals surface area contributed by atoms with Crippen molar-refractivity contribution in [3.63, 3.8) is 0 Å². The molecule has 130 valence electrons. The third-order valence-electron chi connectivity index (χ3n) is 4.47. The second-order valence-electron chi connectivity index (χ2n) is 5.97. The molecule has 6 nitrogen and oxygen atoms in total. The van der Waals surface area contributed by atoms with Crippen molar-refractivity contribution in [3.8, 4) is 5.69 Å². The molecular weight excluding hydrogens is 328 g/mol. The van der Waals surface area contributed by atoms with Gasteiger partial charge in [0.05, 0.1) is 17.3 Å². The third-order valence-corrected chi connectivity index (χ3v) is 4.47. The number of carbonyl (C=O) groups is 1. The standard InChI is InChI=1S/C17H22N4O2.ClH/c1-12-15(19-16(22)13-7-6-10-18-11-13)17(23)21(20(12)2)14-8-4-3-5-9-14;/h3-5,8-9,13,18H,6-7,10-11H2,1-2H3,(H,19,22);1H/t13-;/m1./s1. The van der Waals surface area contributed by atoms with E-state index in [1.807, 2.05) is 44.3 Å². The summed E-state index contributed by atoms with van der Waals surface area (Å²) in [6.07, 6.45) is 1.84. The number of carbonyl (C=O) groups excluding carboxylic acids is 1. The van der Waals surface area contributed by atoms with Crippen LogP contribution in [-0.4, -0.2) is 28.4 Å². The van der Waals surface area contributed by atoms with Crippen LogP contribution in [-0.2, 0) is 11.8 Å². The molecule has 0 spiro atoms. The van der Waals surface area contributed by atoms with E-state index in [1.54, 1.807) is 9.36 Å². The van der Waals surface area contributed by atoms with E-state index in [2.05, 4.69) is 10.6 Å². The quantitative estimate of drug-likeness (QED) is 0.887. The highest BCUT2D eigenvalue weighted by Gasteiger charge is 2.24. The summed E-state index contributed by atoms with van der Waals surface area (Å²) < 4.78 is 3.34. The van der Waals surface area contributed by atoms with Crippen LogP contribution in [0.15, 0.2) is 35.1 Å². The summed E-state index contributed by atoms with van der Waals surface area (Å²) in [6, 6.07) is 9.42. The summed E-state index contributed by atoms with van der Waals surface area (Å²) in [4.78, 5) is 25.2. The lowest BCUT2D eigenvalue weighted by Crippen LogP contribution is -2.38. The largest absolute Gasteiger partial charge is 0.320 e. The van der Waals surface area contributed by atoms with Crippen LogP contribution in [0.1, 0.15) is 18.5 Å². The van der Waals surface area contributed by atoms with Gasteiger partial charge in [0, 0.05) is 13.6 Å². The Morgan fingerprint density at radius 1 is 1.29 bits per heavy atom. The first-order valence-electron chi connectivity index (χ1n) is 7.95. The highest BCUT2D eigenvalue weighted by Crippen LogP contribution is 2.17. The zero-order chi connectivity index (χ0) is 16.4. The highest BCUT2D eigenvalue weighted by atomic mass is 35.5. The van der Waals surface area contributed by atoms with Crippen LogP contribution >= 0.6 is 12.4 Å². The molecular formula is C17H23ClN4O2. The van der Waals surface area contributed by atoms with Crippen molar-refractivity contribution in [3.05, 3.63) is 46.4 Å². The Kier molecular flexibility index (Phi) is 5.85. The summed E-state index contributed by atoms with van der Waals surface area (Å²) in [6.45, 7) is 3.47. The van der Waals surface area contributed by atoms with Gasteiger partial charge in [-0.05, 0) is 38.4 Å². The van der Waals surface area contributed by atoms with E-state index < -0.39 is 0 Å². The molecule has 1 aromatic heterocycles. The van der Waals surface area contributed by atoms with Crippen molar-refractivity contribution in [2.24, 2.45) is 13.0 Å². The van der Waals surface area contributed by atoms with Crippen molar-refractivity contribution in [2.75, 3.05) is 18.4 Å². The number of amides is 1. The lowest BCUT2D eigenvalue weighted by molar-refractivity contribution is -0.120. The number of nitrogens with zero attached hydrogens (tertiary/aromatic N) is 2. The summed E-state index contributed by atoms with van der Waals surface area (Å²) in [5.41, 5.74) is 1.69. The fourth-order valence-electron chi connectivity index (χ4n) is 3.01. The average molecular weight is 351 g/mol. The molecule has 24 heavy (non-hydrogen) atoms. The van der Waals surface area contributed by atoms with Gasteiger partial charge in [0.2, 0.25) is 5.91 Å². The highest BCUT2D eigenvalue weighted by molar-refractivity contribution is 5.93. The monoisotopic (exact) mass is 350 g/mol. The normalized spacial score (nSPS) is 17.2. The van der Waals surface area contributed by atoms with Gasteiger partial charge in [-0.1, -0.05) is 18.2 Å².